The lowest BCUT2D eigenvalue weighted by molar-refractivity contribution is -0.151. The lowest BCUT2D eigenvalue weighted by atomic mass is 9.44. The maximum atomic E-state index is 11.6. The van der Waals surface area contributed by atoms with Crippen LogP contribution in [0.3, 0.4) is 0 Å². The molecule has 0 amide bonds. The van der Waals surface area contributed by atoms with Crippen LogP contribution in [0.4, 0.5) is 0 Å². The van der Waals surface area contributed by atoms with Crippen LogP contribution in [0.2, 0.25) is 0 Å². The second kappa shape index (κ2) is 6.19. The number of benzene rings is 1. The average Bonchev–Trinajstić information content (AvgIpc) is 3.27. The summed E-state index contributed by atoms with van der Waals surface area (Å²) in [5.41, 5.74) is 4.05. The predicted molar refractivity (Wildman–Crippen MR) is 111 cm³/mol. The predicted octanol–water partition coefficient (Wildman–Crippen LogP) is 5.45. The second-order valence-corrected chi connectivity index (χ2v) is 10.3. The zero-order chi connectivity index (χ0) is 18.9. The van der Waals surface area contributed by atoms with E-state index in [-0.39, 0.29) is 17.6 Å². The van der Waals surface area contributed by atoms with Gasteiger partial charge in [0.2, 0.25) is 0 Å². The Bertz CT molecular complexity index is 870. The van der Waals surface area contributed by atoms with Crippen molar-refractivity contribution >= 4 is 0 Å². The smallest absolute Gasteiger partial charge is 0.0956 e. The van der Waals surface area contributed by atoms with Gasteiger partial charge in [-0.1, -0.05) is 44.0 Å². The Morgan fingerprint density at radius 3 is 2.75 bits per heavy atom. The molecular weight excluding hydrogens is 344 g/mol. The van der Waals surface area contributed by atoms with E-state index in [9.17, 15) is 5.11 Å². The van der Waals surface area contributed by atoms with E-state index in [0.717, 1.165) is 30.1 Å². The van der Waals surface area contributed by atoms with Crippen LogP contribution in [0.1, 0.15) is 69.9 Å². The van der Waals surface area contributed by atoms with Gasteiger partial charge in [-0.15, -0.1) is 0 Å². The molecule has 0 spiro atoms. The fourth-order valence-corrected chi connectivity index (χ4v) is 8.04. The zero-order valence-corrected chi connectivity index (χ0v) is 16.9. The third kappa shape index (κ3) is 2.35. The van der Waals surface area contributed by atoms with Crippen LogP contribution in [-0.2, 0) is 0 Å². The van der Waals surface area contributed by atoms with Gasteiger partial charge in [-0.3, -0.25) is 0 Å². The minimum atomic E-state index is -0.199. The third-order valence-corrected chi connectivity index (χ3v) is 8.89. The van der Waals surface area contributed by atoms with Gasteiger partial charge >= 0.3 is 0 Å². The Balaban J connectivity index is 1.29. The molecule has 4 aliphatic carbocycles. The summed E-state index contributed by atoms with van der Waals surface area (Å²) in [5, 5.41) is 11.6. The first-order chi connectivity index (χ1) is 13.7. The lowest BCUT2D eigenvalue weighted by Gasteiger charge is -2.62. The SMILES string of the molecule is CCCC1C2CC3CC1CC(C(O)CC1c4ccccc4-c4cncn41)(C3)C2. The Kier molecular flexibility index (Phi) is 3.82. The first kappa shape index (κ1) is 17.3. The van der Waals surface area contributed by atoms with E-state index in [0.29, 0.717) is 0 Å². The van der Waals surface area contributed by atoms with Crippen molar-refractivity contribution in [1.82, 2.24) is 9.55 Å². The van der Waals surface area contributed by atoms with Gasteiger partial charge in [0, 0.05) is 5.56 Å². The van der Waals surface area contributed by atoms with Crippen LogP contribution in [-0.4, -0.2) is 20.8 Å². The van der Waals surface area contributed by atoms with Crippen molar-refractivity contribution < 1.29 is 5.11 Å². The zero-order valence-electron chi connectivity index (χ0n) is 16.9. The summed E-state index contributed by atoms with van der Waals surface area (Å²) in [4.78, 5) is 4.40. The summed E-state index contributed by atoms with van der Waals surface area (Å²) in [6.07, 6.45) is 14.0. The van der Waals surface area contributed by atoms with E-state index in [2.05, 4.69) is 40.7 Å². The van der Waals surface area contributed by atoms with Gasteiger partial charge in [0.15, 0.2) is 0 Å². The summed E-state index contributed by atoms with van der Waals surface area (Å²) in [7, 11) is 0. The summed E-state index contributed by atoms with van der Waals surface area (Å²) < 4.78 is 2.30. The van der Waals surface area contributed by atoms with E-state index in [1.54, 1.807) is 0 Å². The number of aliphatic hydroxyl groups excluding tert-OH is 1. The van der Waals surface area contributed by atoms with Crippen molar-refractivity contribution in [3.8, 4) is 11.3 Å². The highest BCUT2D eigenvalue weighted by atomic mass is 16.3. The molecule has 2 heterocycles. The number of imidazole rings is 1. The number of hydrogen-bond donors (Lipinski definition) is 1. The van der Waals surface area contributed by atoms with E-state index in [4.69, 9.17) is 0 Å². The quantitative estimate of drug-likeness (QED) is 0.754. The molecule has 2 aromatic rings. The van der Waals surface area contributed by atoms with Gasteiger partial charge in [-0.25, -0.2) is 4.98 Å². The Morgan fingerprint density at radius 1 is 1.18 bits per heavy atom. The number of aliphatic hydroxyl groups is 1. The van der Waals surface area contributed by atoms with Crippen molar-refractivity contribution in [2.45, 2.75) is 70.4 Å². The summed E-state index contributed by atoms with van der Waals surface area (Å²) in [6.45, 7) is 2.34. The number of rotatable bonds is 5. The fraction of sp³-hybridized carbons (Fsp3) is 0.640. The minimum absolute atomic E-state index is 0.180. The third-order valence-electron chi connectivity index (χ3n) is 8.89. The monoisotopic (exact) mass is 376 g/mol. The highest BCUT2D eigenvalue weighted by Gasteiger charge is 2.57. The first-order valence-corrected chi connectivity index (χ1v) is 11.5. The highest BCUT2D eigenvalue weighted by molar-refractivity contribution is 5.68. The Morgan fingerprint density at radius 2 is 1.96 bits per heavy atom. The Hall–Kier alpha value is -1.61. The molecule has 7 rings (SSSR count). The highest BCUT2D eigenvalue weighted by Crippen LogP contribution is 2.65. The molecule has 1 aromatic carbocycles. The van der Waals surface area contributed by atoms with E-state index in [1.165, 1.54) is 61.8 Å². The first-order valence-electron chi connectivity index (χ1n) is 11.5. The molecule has 1 N–H and O–H groups in total. The molecule has 148 valence electrons. The molecular formula is C25H32N2O. The topological polar surface area (TPSA) is 38.1 Å². The van der Waals surface area contributed by atoms with Crippen LogP contribution < -0.4 is 0 Å². The molecule has 0 radical (unpaired) electrons. The van der Waals surface area contributed by atoms with Gasteiger partial charge in [0.25, 0.3) is 0 Å². The van der Waals surface area contributed by atoms with E-state index >= 15 is 0 Å². The van der Waals surface area contributed by atoms with Gasteiger partial charge in [-0.2, -0.15) is 0 Å². The molecule has 5 aliphatic rings. The summed E-state index contributed by atoms with van der Waals surface area (Å²) in [6, 6.07) is 8.94. The maximum absolute atomic E-state index is 11.6. The van der Waals surface area contributed by atoms with Gasteiger partial charge < -0.3 is 9.67 Å². The van der Waals surface area contributed by atoms with Gasteiger partial charge in [-0.05, 0) is 73.2 Å². The van der Waals surface area contributed by atoms with Crippen LogP contribution >= 0.6 is 0 Å². The number of hydrogen-bond acceptors (Lipinski definition) is 2. The minimum Gasteiger partial charge on any atom is -0.392 e. The van der Waals surface area contributed by atoms with Crippen LogP contribution in [0.15, 0.2) is 36.8 Å². The standard InChI is InChI=1S/C25H32N2O/c1-2-5-19-17-8-16-9-18(19)13-25(11-16,12-17)24(28)10-22-20-6-3-4-7-21(20)23-14-26-15-27(22)23/h3-4,6-7,14-19,22,24,28H,2,5,8-13H2,1H3. The summed E-state index contributed by atoms with van der Waals surface area (Å²) in [5.74, 6) is 3.57. The Labute approximate surface area is 168 Å². The van der Waals surface area contributed by atoms with E-state index < -0.39 is 0 Å². The molecule has 3 nitrogen and oxygen atoms in total. The van der Waals surface area contributed by atoms with Crippen LogP contribution in [0, 0.1) is 29.1 Å². The van der Waals surface area contributed by atoms with Crippen molar-refractivity contribution in [2.24, 2.45) is 29.1 Å². The molecule has 4 saturated carbocycles. The molecule has 1 aromatic heterocycles. The molecule has 28 heavy (non-hydrogen) atoms. The second-order valence-electron chi connectivity index (χ2n) is 10.3. The molecule has 4 atom stereocenters. The molecule has 4 fully saturated rings. The normalized spacial score (nSPS) is 38.4. The molecule has 1 aliphatic heterocycles. The lowest BCUT2D eigenvalue weighted by Crippen LogP contribution is -2.55. The van der Waals surface area contributed by atoms with Crippen molar-refractivity contribution in [3.05, 3.63) is 42.4 Å². The molecule has 0 saturated heterocycles. The van der Waals surface area contributed by atoms with Crippen LogP contribution in [0.25, 0.3) is 11.3 Å². The van der Waals surface area contributed by atoms with Crippen molar-refractivity contribution in [1.29, 1.82) is 0 Å². The van der Waals surface area contributed by atoms with Crippen LogP contribution in [0.5, 0.6) is 0 Å². The average molecular weight is 377 g/mol. The number of aromatic nitrogens is 2. The van der Waals surface area contributed by atoms with Gasteiger partial charge in [0.1, 0.15) is 0 Å². The molecule has 3 heteroatoms. The van der Waals surface area contributed by atoms with Crippen molar-refractivity contribution in [2.75, 3.05) is 0 Å². The number of nitrogens with zero attached hydrogens (tertiary/aromatic N) is 2. The summed E-state index contributed by atoms with van der Waals surface area (Å²) >= 11 is 0. The maximum Gasteiger partial charge on any atom is 0.0956 e. The van der Waals surface area contributed by atoms with Crippen molar-refractivity contribution in [3.63, 3.8) is 0 Å². The number of fused-ring (bicyclic) bond motifs is 3. The molecule has 4 unspecified atom stereocenters. The molecule has 4 bridgehead atoms. The fourth-order valence-electron chi connectivity index (χ4n) is 8.04. The largest absolute Gasteiger partial charge is 0.392 e. The van der Waals surface area contributed by atoms with E-state index in [1.807, 2.05) is 12.5 Å². The van der Waals surface area contributed by atoms with Gasteiger partial charge in [0.05, 0.1) is 30.4 Å².